The Bertz CT molecular complexity index is 180. The molecule has 0 aromatic rings. The molecule has 0 radical (unpaired) electrons. The molecule has 0 unspecified atom stereocenters. The third-order valence-electron chi connectivity index (χ3n) is 0.655. The molecule has 0 saturated heterocycles. The highest BCUT2D eigenvalue weighted by atomic mass is 16.7. The molecule has 0 atom stereocenters. The summed E-state index contributed by atoms with van der Waals surface area (Å²) in [6.45, 7) is 2.71. The number of hydrogen-bond acceptors (Lipinski definition) is 3. The summed E-state index contributed by atoms with van der Waals surface area (Å²) in [5.74, 6) is -0.154. The fourth-order valence-electron chi connectivity index (χ4n) is 0.453. The lowest BCUT2D eigenvalue weighted by Gasteiger charge is -1.95. The van der Waals surface area contributed by atoms with Gasteiger partial charge in [-0.05, 0) is 13.8 Å². The highest BCUT2D eigenvalue weighted by Gasteiger charge is 1.98. The summed E-state index contributed by atoms with van der Waals surface area (Å²) in [4.78, 5) is 20.1. The molecule has 0 spiro atoms. The van der Waals surface area contributed by atoms with Crippen molar-refractivity contribution in [3.63, 3.8) is 0 Å². The van der Waals surface area contributed by atoms with Crippen LogP contribution in [-0.2, 0) is 9.53 Å². The first kappa shape index (κ1) is 8.68. The van der Waals surface area contributed by atoms with Crippen LogP contribution >= 0.6 is 0 Å². The van der Waals surface area contributed by atoms with E-state index in [9.17, 15) is 9.59 Å². The van der Waals surface area contributed by atoms with Crippen LogP contribution < -0.4 is 0 Å². The van der Waals surface area contributed by atoms with Gasteiger partial charge in [-0.1, -0.05) is 0 Å². The molecule has 0 heterocycles. The molecule has 0 amide bonds. The molecular weight excluding hydrogens is 136 g/mol. The summed E-state index contributed by atoms with van der Waals surface area (Å²) in [5.41, 5.74) is 0. The van der Waals surface area contributed by atoms with Crippen molar-refractivity contribution in [2.75, 3.05) is 0 Å². The quantitative estimate of drug-likeness (QED) is 0.359. The van der Waals surface area contributed by atoms with Crippen LogP contribution in [-0.4, -0.2) is 17.0 Å². The Hall–Kier alpha value is -1.32. The molecule has 0 saturated carbocycles. The SMILES string of the molecule is CC(=O)/C=C(\C)OC(=O)O. The van der Waals surface area contributed by atoms with Gasteiger partial charge in [0, 0.05) is 6.08 Å². The third kappa shape index (κ3) is 4.83. The van der Waals surface area contributed by atoms with Crippen LogP contribution in [0.15, 0.2) is 11.8 Å². The van der Waals surface area contributed by atoms with Gasteiger partial charge < -0.3 is 9.84 Å². The van der Waals surface area contributed by atoms with E-state index in [1.807, 2.05) is 0 Å². The lowest BCUT2D eigenvalue weighted by atomic mass is 10.4. The van der Waals surface area contributed by atoms with Crippen LogP contribution in [0.5, 0.6) is 0 Å². The van der Waals surface area contributed by atoms with Gasteiger partial charge in [0.05, 0.1) is 0 Å². The molecule has 0 aliphatic rings. The standard InChI is InChI=1S/C6H8O4/c1-4(7)3-5(2)10-6(8)9/h3H,1-2H3,(H,8,9)/b5-3+. The van der Waals surface area contributed by atoms with Gasteiger partial charge in [-0.25, -0.2) is 4.79 Å². The molecule has 0 aliphatic heterocycles. The molecule has 10 heavy (non-hydrogen) atoms. The number of carbonyl (C=O) groups is 2. The van der Waals surface area contributed by atoms with Crippen LogP contribution in [0.25, 0.3) is 0 Å². The average Bonchev–Trinajstić information content (AvgIpc) is 1.58. The number of ether oxygens (including phenoxy) is 1. The molecule has 0 fully saturated rings. The van der Waals surface area contributed by atoms with Gasteiger partial charge in [0.15, 0.2) is 5.78 Å². The molecule has 0 aromatic carbocycles. The van der Waals surface area contributed by atoms with E-state index in [-0.39, 0.29) is 11.5 Å². The van der Waals surface area contributed by atoms with Crippen molar-refractivity contribution in [3.05, 3.63) is 11.8 Å². The molecule has 4 heteroatoms. The Morgan fingerprint density at radius 3 is 2.20 bits per heavy atom. The summed E-state index contributed by atoms with van der Waals surface area (Å²) in [7, 11) is 0. The molecule has 0 aromatic heterocycles. The minimum atomic E-state index is -1.41. The van der Waals surface area contributed by atoms with Crippen molar-refractivity contribution in [1.82, 2.24) is 0 Å². The van der Waals surface area contributed by atoms with Crippen molar-refractivity contribution >= 4 is 11.9 Å². The minimum Gasteiger partial charge on any atom is -0.449 e. The number of rotatable bonds is 2. The zero-order valence-corrected chi connectivity index (χ0v) is 5.75. The minimum absolute atomic E-state index is 0.0833. The maximum absolute atomic E-state index is 10.3. The van der Waals surface area contributed by atoms with Gasteiger partial charge >= 0.3 is 6.16 Å². The van der Waals surface area contributed by atoms with Gasteiger partial charge in [0.2, 0.25) is 0 Å². The number of ketones is 1. The highest BCUT2D eigenvalue weighted by molar-refractivity contribution is 5.87. The summed E-state index contributed by atoms with van der Waals surface area (Å²) < 4.78 is 4.12. The van der Waals surface area contributed by atoms with Gasteiger partial charge in [-0.3, -0.25) is 4.79 Å². The second kappa shape index (κ2) is 3.66. The van der Waals surface area contributed by atoms with Crippen molar-refractivity contribution in [1.29, 1.82) is 0 Å². The lowest BCUT2D eigenvalue weighted by Crippen LogP contribution is -1.98. The monoisotopic (exact) mass is 144 g/mol. The Balaban J connectivity index is 3.95. The van der Waals surface area contributed by atoms with Crippen LogP contribution in [0.1, 0.15) is 13.8 Å². The van der Waals surface area contributed by atoms with Gasteiger partial charge in [0.25, 0.3) is 0 Å². The van der Waals surface area contributed by atoms with Crippen LogP contribution in [0.4, 0.5) is 4.79 Å². The fourth-order valence-corrected chi connectivity index (χ4v) is 0.453. The van der Waals surface area contributed by atoms with E-state index in [4.69, 9.17) is 5.11 Å². The summed E-state index contributed by atoms with van der Waals surface area (Å²) in [6, 6.07) is 0. The summed E-state index contributed by atoms with van der Waals surface area (Å²) in [5, 5.41) is 8.02. The number of carboxylic acid groups (broad SMARTS) is 1. The van der Waals surface area contributed by atoms with E-state index in [1.165, 1.54) is 13.8 Å². The smallest absolute Gasteiger partial charge is 0.449 e. The van der Waals surface area contributed by atoms with Gasteiger partial charge in [0.1, 0.15) is 5.76 Å². The first-order chi connectivity index (χ1) is 4.52. The van der Waals surface area contributed by atoms with E-state index in [0.29, 0.717) is 0 Å². The topological polar surface area (TPSA) is 63.6 Å². The van der Waals surface area contributed by atoms with Crippen molar-refractivity contribution < 1.29 is 19.4 Å². The van der Waals surface area contributed by atoms with Crippen molar-refractivity contribution in [3.8, 4) is 0 Å². The first-order valence-corrected chi connectivity index (χ1v) is 2.62. The number of carbonyl (C=O) groups excluding carboxylic acids is 1. The van der Waals surface area contributed by atoms with E-state index < -0.39 is 6.16 Å². The molecule has 1 N–H and O–H groups in total. The van der Waals surface area contributed by atoms with Crippen LogP contribution in [0.3, 0.4) is 0 Å². The summed E-state index contributed by atoms with van der Waals surface area (Å²) >= 11 is 0. The fraction of sp³-hybridized carbons (Fsp3) is 0.333. The summed E-state index contributed by atoms with van der Waals surface area (Å²) in [6.07, 6.45) is -0.302. The van der Waals surface area contributed by atoms with Crippen LogP contribution in [0, 0.1) is 0 Å². The van der Waals surface area contributed by atoms with Crippen molar-refractivity contribution in [2.24, 2.45) is 0 Å². The molecular formula is C6H8O4. The van der Waals surface area contributed by atoms with Crippen LogP contribution in [0.2, 0.25) is 0 Å². The lowest BCUT2D eigenvalue weighted by molar-refractivity contribution is -0.112. The van der Waals surface area contributed by atoms with E-state index in [1.54, 1.807) is 0 Å². The molecule has 56 valence electrons. The van der Waals surface area contributed by atoms with Gasteiger partial charge in [-0.2, -0.15) is 0 Å². The Morgan fingerprint density at radius 2 is 1.90 bits per heavy atom. The maximum atomic E-state index is 10.3. The predicted octanol–water partition coefficient (Wildman–Crippen LogP) is 1.17. The molecule has 0 bridgehead atoms. The van der Waals surface area contributed by atoms with E-state index >= 15 is 0 Å². The zero-order valence-electron chi connectivity index (χ0n) is 5.75. The number of hydrogen-bond donors (Lipinski definition) is 1. The van der Waals surface area contributed by atoms with Crippen molar-refractivity contribution in [2.45, 2.75) is 13.8 Å². The first-order valence-electron chi connectivity index (χ1n) is 2.62. The van der Waals surface area contributed by atoms with E-state index in [2.05, 4.69) is 4.74 Å². The second-order valence-electron chi connectivity index (χ2n) is 1.73. The second-order valence-corrected chi connectivity index (χ2v) is 1.73. The number of allylic oxidation sites excluding steroid dienone is 2. The van der Waals surface area contributed by atoms with Gasteiger partial charge in [-0.15, -0.1) is 0 Å². The highest BCUT2D eigenvalue weighted by Crippen LogP contribution is 1.94. The normalized spacial score (nSPS) is 10.8. The zero-order chi connectivity index (χ0) is 8.15. The molecule has 0 rings (SSSR count). The van der Waals surface area contributed by atoms with E-state index in [0.717, 1.165) is 6.08 Å². The molecule has 4 nitrogen and oxygen atoms in total. The average molecular weight is 144 g/mol. The Labute approximate surface area is 58.1 Å². The predicted molar refractivity (Wildman–Crippen MR) is 33.5 cm³/mol. The Morgan fingerprint density at radius 1 is 1.40 bits per heavy atom. The maximum Gasteiger partial charge on any atom is 0.511 e. The Kier molecular flexibility index (Phi) is 3.17. The third-order valence-corrected chi connectivity index (χ3v) is 0.655. The molecule has 0 aliphatic carbocycles. The largest absolute Gasteiger partial charge is 0.511 e.